The highest BCUT2D eigenvalue weighted by atomic mass is 16.7. The number of hydrogen-bond acceptors (Lipinski definition) is 11. The molecule has 0 bridgehead atoms. The lowest BCUT2D eigenvalue weighted by atomic mass is 10.0. The van der Waals surface area contributed by atoms with E-state index in [2.05, 4.69) is 121 Å². The Morgan fingerprint density at radius 1 is 0.810 bits per heavy atom. The lowest BCUT2D eigenvalue weighted by Crippen LogP contribution is -2.15. The van der Waals surface area contributed by atoms with Gasteiger partial charge in [0.05, 0.1) is 76.6 Å². The fourth-order valence-electron chi connectivity index (χ4n) is 10.7. The van der Waals surface area contributed by atoms with E-state index in [1.54, 1.807) is 6.08 Å². The molecule has 416 valence electrons. The van der Waals surface area contributed by atoms with Gasteiger partial charge >= 0.3 is 0 Å². The first-order valence-corrected chi connectivity index (χ1v) is 27.7. The standard InChI is InChI=1S/C63H72N6O8.C2H6/c1-14-20-22-48-58(64)56-61(67-35-46(43(12)74-52(15-2)70-16-3)47(36-67)51-28-30-55(77-51)73-19-6)39(8)32-40(9)62(56)68(48)37-69-49-27-25-42(11)65-59(49)57-60(38(7)31-41(10)63(57)69)66(13)34-44(33-45-26-29-54(75-45)72-18-5)50-23-21-24-53(76-50)71-17-4;1-2/h15,20-22,24-32,34-36,43H,14,16-19,33,37,64H2,1-13H3;1-2H3/b22-20-,44-34+,52-15-;. The van der Waals surface area contributed by atoms with Gasteiger partial charge in [-0.15, -0.1) is 0 Å². The van der Waals surface area contributed by atoms with Crippen LogP contribution in [0.25, 0.3) is 55.9 Å². The highest BCUT2D eigenvalue weighted by Gasteiger charge is 2.28. The van der Waals surface area contributed by atoms with E-state index in [0.29, 0.717) is 86.3 Å². The number of hydrogen-bond donors (Lipinski definition) is 1. The fraction of sp³-hybridized carbons (Fsp3) is 0.354. The van der Waals surface area contributed by atoms with E-state index >= 15 is 0 Å². The maximum Gasteiger partial charge on any atom is 0.285 e. The van der Waals surface area contributed by atoms with Gasteiger partial charge in [0.25, 0.3) is 23.8 Å². The number of benzene rings is 2. The molecule has 0 aliphatic carbocycles. The first kappa shape index (κ1) is 56.8. The fourth-order valence-corrected chi connectivity index (χ4v) is 10.7. The van der Waals surface area contributed by atoms with E-state index in [-0.39, 0.29) is 0 Å². The Hall–Kier alpha value is -8.35. The molecule has 0 fully saturated rings. The van der Waals surface area contributed by atoms with Gasteiger partial charge in [-0.1, -0.05) is 44.7 Å². The van der Waals surface area contributed by atoms with Crippen LogP contribution < -0.4 is 20.1 Å². The summed E-state index contributed by atoms with van der Waals surface area (Å²) in [5.41, 5.74) is 26.3. The van der Waals surface area contributed by atoms with Gasteiger partial charge in [-0.3, -0.25) is 4.98 Å². The monoisotopic (exact) mass is 1070 g/mol. The molecule has 2 N–H and O–H groups in total. The van der Waals surface area contributed by atoms with Crippen molar-refractivity contribution >= 4 is 50.3 Å². The summed E-state index contributed by atoms with van der Waals surface area (Å²) < 4.78 is 55.3. The molecule has 8 aromatic rings. The summed E-state index contributed by atoms with van der Waals surface area (Å²) in [6.07, 6.45) is 16.9. The Morgan fingerprint density at radius 2 is 1.51 bits per heavy atom. The van der Waals surface area contributed by atoms with Crippen LogP contribution in [-0.4, -0.2) is 52.2 Å². The lowest BCUT2D eigenvalue weighted by Gasteiger charge is -2.23. The largest absolute Gasteiger partial charge is 0.466 e. The van der Waals surface area contributed by atoms with Gasteiger partial charge in [-0.2, -0.15) is 0 Å². The highest BCUT2D eigenvalue weighted by molar-refractivity contribution is 6.14. The predicted molar refractivity (Wildman–Crippen MR) is 319 cm³/mol. The maximum atomic E-state index is 7.57. The third-order valence-corrected chi connectivity index (χ3v) is 13.7. The molecule has 0 radical (unpaired) electrons. The van der Waals surface area contributed by atoms with Gasteiger partial charge in [0, 0.05) is 78.1 Å². The summed E-state index contributed by atoms with van der Waals surface area (Å²) in [7, 11) is 2.07. The van der Waals surface area contributed by atoms with Gasteiger partial charge < -0.3 is 61.6 Å². The van der Waals surface area contributed by atoms with E-state index in [9.17, 15) is 0 Å². The third kappa shape index (κ3) is 11.5. The third-order valence-electron chi connectivity index (χ3n) is 13.7. The number of pyridine rings is 1. The molecule has 1 unspecified atom stereocenters. The zero-order valence-corrected chi connectivity index (χ0v) is 48.8. The van der Waals surface area contributed by atoms with Crippen LogP contribution in [0.5, 0.6) is 11.9 Å². The summed E-state index contributed by atoms with van der Waals surface area (Å²) in [6.45, 7) is 30.9. The average molecular weight is 1070 g/mol. The molecule has 0 spiro atoms. The molecular weight excluding hydrogens is 993 g/mol. The smallest absolute Gasteiger partial charge is 0.285 e. The quantitative estimate of drug-likeness (QED) is 0.0513. The zero-order chi connectivity index (χ0) is 56.7. The van der Waals surface area contributed by atoms with Crippen LogP contribution in [0.2, 0.25) is 0 Å². The second kappa shape index (κ2) is 25.0. The minimum atomic E-state index is -0.411. The molecule has 1 atom stereocenters. The van der Waals surface area contributed by atoms with Gasteiger partial charge in [0.1, 0.15) is 24.3 Å². The van der Waals surface area contributed by atoms with Crippen LogP contribution in [-0.2, 0) is 32.0 Å². The van der Waals surface area contributed by atoms with Crippen LogP contribution in [0.1, 0.15) is 120 Å². The Bertz CT molecular complexity index is 3690. The molecule has 1 aliphatic heterocycles. The van der Waals surface area contributed by atoms with E-state index in [4.69, 9.17) is 48.0 Å². The van der Waals surface area contributed by atoms with Crippen LogP contribution in [0.4, 0.5) is 11.4 Å². The molecule has 9 rings (SSSR count). The summed E-state index contributed by atoms with van der Waals surface area (Å²) in [5, 5.41) is 1.97. The molecule has 0 amide bonds. The van der Waals surface area contributed by atoms with Gasteiger partial charge in [0.15, 0.2) is 5.76 Å². The Kier molecular flexibility index (Phi) is 18.0. The number of anilines is 2. The SMILES string of the molecule is C/C=C(/OCC)OC(C)c1cn(-c2c(C)cc(C)c3c2c(N)c(/C=C\CC)n3Cn2c3ccc(C)nc3c3c(N(C)/C=C(\Cc4ccc(OCC)o4)C4=C=CC=C(OCC)O4)c(C)cc(C)c32)cc1-c1ccc(OCC)o1.CC. The average Bonchev–Trinajstić information content (AvgIpc) is 4.01. The van der Waals surface area contributed by atoms with E-state index in [0.717, 1.165) is 101 Å². The second-order valence-electron chi connectivity index (χ2n) is 19.2. The van der Waals surface area contributed by atoms with E-state index in [1.165, 1.54) is 0 Å². The molecule has 0 saturated carbocycles. The number of allylic oxidation sites excluding steroid dienone is 4. The normalized spacial score (nSPS) is 13.2. The second-order valence-corrected chi connectivity index (χ2v) is 19.2. The predicted octanol–water partition coefficient (Wildman–Crippen LogP) is 16.2. The van der Waals surface area contributed by atoms with Crippen LogP contribution in [0.15, 0.2) is 129 Å². The minimum Gasteiger partial charge on any atom is -0.466 e. The first-order chi connectivity index (χ1) is 38.2. The molecule has 79 heavy (non-hydrogen) atoms. The number of aryl methyl sites for hydroxylation is 5. The molecule has 14 heteroatoms. The number of fused-ring (bicyclic) bond motifs is 4. The highest BCUT2D eigenvalue weighted by Crippen LogP contribution is 2.45. The van der Waals surface area contributed by atoms with E-state index in [1.807, 2.05) is 98.7 Å². The van der Waals surface area contributed by atoms with Crippen LogP contribution >= 0.6 is 0 Å². The van der Waals surface area contributed by atoms with Crippen molar-refractivity contribution in [1.29, 1.82) is 0 Å². The number of nitrogen functional groups attached to an aromatic ring is 1. The molecule has 2 aromatic carbocycles. The molecule has 7 heterocycles. The number of furan rings is 2. The van der Waals surface area contributed by atoms with Crippen molar-refractivity contribution in [3.63, 3.8) is 0 Å². The van der Waals surface area contributed by atoms with Gasteiger partial charge in [0.2, 0.25) is 0 Å². The summed E-state index contributed by atoms with van der Waals surface area (Å²) in [5.74, 6) is 3.67. The van der Waals surface area contributed by atoms with Crippen molar-refractivity contribution < 1.29 is 37.3 Å². The Morgan fingerprint density at radius 3 is 2.20 bits per heavy atom. The van der Waals surface area contributed by atoms with Crippen LogP contribution in [0, 0.1) is 34.6 Å². The number of nitrogens with two attached hydrogens (primary N) is 1. The number of aromatic nitrogens is 4. The Labute approximate surface area is 465 Å². The van der Waals surface area contributed by atoms with Gasteiger partial charge in [-0.05, 0) is 147 Å². The molecule has 14 nitrogen and oxygen atoms in total. The van der Waals surface area contributed by atoms with Crippen molar-refractivity contribution in [2.75, 3.05) is 44.1 Å². The number of rotatable bonds is 22. The number of ether oxygens (including phenoxy) is 6. The molecule has 0 saturated heterocycles. The molecule has 1 aliphatic rings. The van der Waals surface area contributed by atoms with Gasteiger partial charge in [-0.25, -0.2) is 0 Å². The van der Waals surface area contributed by atoms with Crippen molar-refractivity contribution in [2.45, 2.75) is 123 Å². The topological polar surface area (TPSA) is 139 Å². The lowest BCUT2D eigenvalue weighted by molar-refractivity contribution is 0.00226. The van der Waals surface area contributed by atoms with Crippen molar-refractivity contribution in [1.82, 2.24) is 18.7 Å². The van der Waals surface area contributed by atoms with E-state index < -0.39 is 6.10 Å². The van der Waals surface area contributed by atoms with Crippen molar-refractivity contribution in [3.05, 3.63) is 165 Å². The Balaban J connectivity index is 0.00000406. The summed E-state index contributed by atoms with van der Waals surface area (Å²) in [4.78, 5) is 7.51. The van der Waals surface area contributed by atoms with Crippen molar-refractivity contribution in [3.8, 4) is 28.9 Å². The zero-order valence-electron chi connectivity index (χ0n) is 48.8. The molecular formula is C65H78N6O8. The molecule has 6 aromatic heterocycles. The first-order valence-electron chi connectivity index (χ1n) is 27.7. The number of nitrogens with zero attached hydrogens (tertiary/aromatic N) is 5. The summed E-state index contributed by atoms with van der Waals surface area (Å²) >= 11 is 0. The maximum absolute atomic E-state index is 7.57. The van der Waals surface area contributed by atoms with Crippen LogP contribution in [0.3, 0.4) is 0 Å². The minimum absolute atomic E-state index is 0.401. The van der Waals surface area contributed by atoms with Crippen molar-refractivity contribution in [2.24, 2.45) is 0 Å². The summed E-state index contributed by atoms with van der Waals surface area (Å²) in [6, 6.07) is 16.4.